The fourth-order valence-electron chi connectivity index (χ4n) is 2.75. The second-order valence-electron chi connectivity index (χ2n) is 6.73. The number of carbonyl (C=O) groups excluding carboxylic acids is 2. The van der Waals surface area contributed by atoms with E-state index in [1.165, 1.54) is 29.3 Å². The number of aromatic nitrogens is 2. The third kappa shape index (κ3) is 4.49. The molecule has 0 aliphatic rings. The van der Waals surface area contributed by atoms with Crippen LogP contribution < -0.4 is 10.9 Å². The maximum atomic E-state index is 12.6. The summed E-state index contributed by atoms with van der Waals surface area (Å²) in [6.07, 6.45) is 2.05. The molecule has 0 saturated heterocycles. The number of fused-ring (bicyclic) bond motifs is 1. The molecular weight excluding hydrogens is 354 g/mol. The number of carbonyl (C=O) groups is 2. The van der Waals surface area contributed by atoms with Gasteiger partial charge in [0.2, 0.25) is 5.91 Å². The van der Waals surface area contributed by atoms with Crippen molar-refractivity contribution in [2.75, 3.05) is 7.11 Å². The van der Waals surface area contributed by atoms with Gasteiger partial charge in [-0.15, -0.1) is 11.3 Å². The minimum Gasteiger partial charge on any atom is -0.467 e. The van der Waals surface area contributed by atoms with Crippen molar-refractivity contribution in [3.05, 3.63) is 27.1 Å². The van der Waals surface area contributed by atoms with Gasteiger partial charge in [-0.25, -0.2) is 9.78 Å². The van der Waals surface area contributed by atoms with Gasteiger partial charge in [0, 0.05) is 17.8 Å². The molecule has 0 radical (unpaired) electrons. The predicted octanol–water partition coefficient (Wildman–Crippen LogP) is 2.17. The molecule has 142 valence electrons. The summed E-state index contributed by atoms with van der Waals surface area (Å²) in [5.74, 6) is -0.527. The Kier molecular flexibility index (Phi) is 6.52. The van der Waals surface area contributed by atoms with E-state index in [0.717, 1.165) is 10.4 Å². The lowest BCUT2D eigenvalue weighted by atomic mass is 10.0. The second kappa shape index (κ2) is 8.44. The standard InChI is InChI=1S/C18H25N3O4S/c1-10(2)8-13(18(24)25-5)20-14(22)6-7-21-9-19-16-15(17(21)23)11(3)12(4)26-16/h9-10,13H,6-8H2,1-5H3,(H,20,22). The average Bonchev–Trinajstić information content (AvgIpc) is 2.87. The molecular formula is C18H25N3O4S. The smallest absolute Gasteiger partial charge is 0.328 e. The highest BCUT2D eigenvalue weighted by Gasteiger charge is 2.22. The summed E-state index contributed by atoms with van der Waals surface area (Å²) in [6, 6.07) is -0.674. The Bertz CT molecular complexity index is 869. The molecule has 2 aromatic heterocycles. The van der Waals surface area contributed by atoms with Crippen molar-refractivity contribution < 1.29 is 14.3 Å². The van der Waals surface area contributed by atoms with Crippen LogP contribution in [-0.4, -0.2) is 34.6 Å². The van der Waals surface area contributed by atoms with E-state index in [-0.39, 0.29) is 30.3 Å². The summed E-state index contributed by atoms with van der Waals surface area (Å²) in [7, 11) is 1.30. The Hall–Kier alpha value is -2.22. The molecule has 0 bridgehead atoms. The van der Waals surface area contributed by atoms with E-state index in [1.807, 2.05) is 27.7 Å². The fourth-order valence-corrected chi connectivity index (χ4v) is 3.73. The van der Waals surface area contributed by atoms with Crippen molar-refractivity contribution in [3.63, 3.8) is 0 Å². The van der Waals surface area contributed by atoms with Crippen molar-refractivity contribution in [1.29, 1.82) is 0 Å². The number of aryl methyl sites for hydroxylation is 3. The molecule has 1 N–H and O–H groups in total. The first-order valence-electron chi connectivity index (χ1n) is 8.56. The molecule has 1 unspecified atom stereocenters. The first-order chi connectivity index (χ1) is 12.2. The number of nitrogens with one attached hydrogen (secondary N) is 1. The topological polar surface area (TPSA) is 90.3 Å². The Morgan fingerprint density at radius 2 is 2.04 bits per heavy atom. The lowest BCUT2D eigenvalue weighted by Gasteiger charge is -2.18. The Labute approximate surface area is 156 Å². The van der Waals surface area contributed by atoms with E-state index < -0.39 is 12.0 Å². The van der Waals surface area contributed by atoms with E-state index in [0.29, 0.717) is 16.6 Å². The normalized spacial score (nSPS) is 12.4. The quantitative estimate of drug-likeness (QED) is 0.745. The number of hydrogen-bond acceptors (Lipinski definition) is 6. The summed E-state index contributed by atoms with van der Waals surface area (Å²) < 4.78 is 6.18. The van der Waals surface area contributed by atoms with Gasteiger partial charge in [0.25, 0.3) is 5.56 Å². The molecule has 1 atom stereocenters. The first-order valence-corrected chi connectivity index (χ1v) is 9.38. The van der Waals surface area contributed by atoms with Gasteiger partial charge in [0.1, 0.15) is 10.9 Å². The molecule has 7 nitrogen and oxygen atoms in total. The number of methoxy groups -OCH3 is 1. The molecule has 26 heavy (non-hydrogen) atoms. The van der Waals surface area contributed by atoms with Crippen LogP contribution in [0.3, 0.4) is 0 Å². The summed E-state index contributed by atoms with van der Waals surface area (Å²) >= 11 is 1.49. The molecule has 8 heteroatoms. The van der Waals surface area contributed by atoms with Crippen LogP contribution in [0.4, 0.5) is 0 Å². The zero-order valence-corrected chi connectivity index (χ0v) is 16.6. The highest BCUT2D eigenvalue weighted by molar-refractivity contribution is 7.18. The van der Waals surface area contributed by atoms with Crippen LogP contribution in [-0.2, 0) is 20.9 Å². The van der Waals surface area contributed by atoms with E-state index in [9.17, 15) is 14.4 Å². The molecule has 2 heterocycles. The lowest BCUT2D eigenvalue weighted by molar-refractivity contribution is -0.145. The van der Waals surface area contributed by atoms with Gasteiger partial charge in [-0.05, 0) is 31.7 Å². The van der Waals surface area contributed by atoms with Gasteiger partial charge >= 0.3 is 5.97 Å². The molecule has 0 spiro atoms. The molecule has 0 aliphatic carbocycles. The molecule has 2 aromatic rings. The number of hydrogen-bond donors (Lipinski definition) is 1. The molecule has 1 amide bonds. The highest BCUT2D eigenvalue weighted by Crippen LogP contribution is 2.25. The summed E-state index contributed by atoms with van der Waals surface area (Å²) in [4.78, 5) is 42.7. The zero-order valence-electron chi connectivity index (χ0n) is 15.8. The minimum atomic E-state index is -0.674. The van der Waals surface area contributed by atoms with Crippen molar-refractivity contribution in [2.45, 2.75) is 53.1 Å². The van der Waals surface area contributed by atoms with Gasteiger partial charge in [0.05, 0.1) is 18.8 Å². The van der Waals surface area contributed by atoms with Crippen LogP contribution in [0.1, 0.15) is 37.1 Å². The van der Waals surface area contributed by atoms with E-state index in [2.05, 4.69) is 10.3 Å². The van der Waals surface area contributed by atoms with Gasteiger partial charge in [-0.2, -0.15) is 0 Å². The number of nitrogens with zero attached hydrogens (tertiary/aromatic N) is 2. The van der Waals surface area contributed by atoms with E-state index in [1.54, 1.807) is 0 Å². The van der Waals surface area contributed by atoms with Crippen LogP contribution in [0.15, 0.2) is 11.1 Å². The monoisotopic (exact) mass is 379 g/mol. The number of ether oxygens (including phenoxy) is 1. The molecule has 0 fully saturated rings. The van der Waals surface area contributed by atoms with E-state index >= 15 is 0 Å². The number of esters is 1. The second-order valence-corrected chi connectivity index (χ2v) is 7.93. The van der Waals surface area contributed by atoms with Crippen LogP contribution in [0, 0.1) is 19.8 Å². The van der Waals surface area contributed by atoms with Crippen LogP contribution in [0.5, 0.6) is 0 Å². The molecule has 0 aromatic carbocycles. The van der Waals surface area contributed by atoms with Gasteiger partial charge in [-0.3, -0.25) is 14.2 Å². The van der Waals surface area contributed by atoms with Crippen LogP contribution in [0.2, 0.25) is 0 Å². The van der Waals surface area contributed by atoms with Crippen LogP contribution in [0.25, 0.3) is 10.2 Å². The third-order valence-corrected chi connectivity index (χ3v) is 5.38. The van der Waals surface area contributed by atoms with Crippen molar-refractivity contribution in [3.8, 4) is 0 Å². The zero-order chi connectivity index (χ0) is 19.4. The van der Waals surface area contributed by atoms with E-state index in [4.69, 9.17) is 4.74 Å². The van der Waals surface area contributed by atoms with Crippen molar-refractivity contribution in [2.24, 2.45) is 5.92 Å². The summed E-state index contributed by atoms with van der Waals surface area (Å²) in [6.45, 7) is 8.00. The minimum absolute atomic E-state index is 0.0842. The number of amides is 1. The predicted molar refractivity (Wildman–Crippen MR) is 101 cm³/mol. The number of thiophene rings is 1. The number of rotatable bonds is 7. The van der Waals surface area contributed by atoms with Crippen molar-refractivity contribution in [1.82, 2.24) is 14.9 Å². The fraction of sp³-hybridized carbons (Fsp3) is 0.556. The average molecular weight is 379 g/mol. The lowest BCUT2D eigenvalue weighted by Crippen LogP contribution is -2.42. The Morgan fingerprint density at radius 1 is 1.35 bits per heavy atom. The molecule has 2 rings (SSSR count). The summed E-state index contributed by atoms with van der Waals surface area (Å²) in [5.41, 5.74) is 0.792. The maximum Gasteiger partial charge on any atom is 0.328 e. The Balaban J connectivity index is 2.08. The van der Waals surface area contributed by atoms with Gasteiger partial charge in [-0.1, -0.05) is 13.8 Å². The van der Waals surface area contributed by atoms with Crippen LogP contribution >= 0.6 is 11.3 Å². The first kappa shape index (κ1) is 20.1. The van der Waals surface area contributed by atoms with Gasteiger partial charge in [0.15, 0.2) is 0 Å². The highest BCUT2D eigenvalue weighted by atomic mass is 32.1. The molecule has 0 saturated carbocycles. The van der Waals surface area contributed by atoms with Gasteiger partial charge < -0.3 is 10.1 Å². The maximum absolute atomic E-state index is 12.6. The molecule has 0 aliphatic heterocycles. The summed E-state index contributed by atoms with van der Waals surface area (Å²) in [5, 5.41) is 3.31. The Morgan fingerprint density at radius 3 is 2.65 bits per heavy atom. The largest absolute Gasteiger partial charge is 0.467 e. The van der Waals surface area contributed by atoms with Crippen molar-refractivity contribution >= 4 is 33.4 Å². The third-order valence-electron chi connectivity index (χ3n) is 4.26. The SMILES string of the molecule is COC(=O)C(CC(C)C)NC(=O)CCn1cnc2sc(C)c(C)c2c1=O.